The Bertz CT molecular complexity index is 1330. The summed E-state index contributed by atoms with van der Waals surface area (Å²) in [5.74, 6) is -1.30. The van der Waals surface area contributed by atoms with Crippen LogP contribution >= 0.6 is 11.6 Å². The topological polar surface area (TPSA) is 103 Å². The summed E-state index contributed by atoms with van der Waals surface area (Å²) in [6, 6.07) is 3.54. The molecule has 12 heteroatoms. The van der Waals surface area contributed by atoms with Gasteiger partial charge in [-0.3, -0.25) is 9.69 Å². The highest BCUT2D eigenvalue weighted by Crippen LogP contribution is 2.45. The predicted molar refractivity (Wildman–Crippen MR) is 135 cm³/mol. The van der Waals surface area contributed by atoms with E-state index in [-0.39, 0.29) is 52.2 Å². The van der Waals surface area contributed by atoms with Gasteiger partial charge in [-0.15, -0.1) is 0 Å². The predicted octanol–water partition coefficient (Wildman–Crippen LogP) is 3.01. The Kier molecular flexibility index (Phi) is 7.14. The first-order chi connectivity index (χ1) is 17.7. The highest BCUT2D eigenvalue weighted by Gasteiger charge is 2.39. The monoisotopic (exact) mass is 550 g/mol. The van der Waals surface area contributed by atoms with Gasteiger partial charge in [0.25, 0.3) is 10.0 Å². The van der Waals surface area contributed by atoms with Crippen LogP contribution < -0.4 is 4.74 Å². The highest BCUT2D eigenvalue weighted by molar-refractivity contribution is 7.89. The summed E-state index contributed by atoms with van der Waals surface area (Å²) < 4.78 is 50.2. The lowest BCUT2D eigenvalue weighted by Gasteiger charge is -2.39. The maximum Gasteiger partial charge on any atom is 0.261 e. The number of benzene rings is 1. The number of fused-ring (bicyclic) bond motifs is 2. The molecule has 198 valence electrons. The Balaban J connectivity index is 1.65. The second kappa shape index (κ2) is 10.2. The van der Waals surface area contributed by atoms with Crippen molar-refractivity contribution in [2.24, 2.45) is 0 Å². The number of aromatic nitrogens is 1. The number of phenolic OH excluding ortho intramolecular Hbond substituents is 1. The summed E-state index contributed by atoms with van der Waals surface area (Å²) in [5.41, 5.74) is -0.199. The second-order valence-electron chi connectivity index (χ2n) is 9.41. The Morgan fingerprint density at radius 2 is 1.97 bits per heavy atom. The van der Waals surface area contributed by atoms with E-state index in [0.29, 0.717) is 38.3 Å². The zero-order chi connectivity index (χ0) is 26.3. The van der Waals surface area contributed by atoms with Crippen molar-refractivity contribution in [2.45, 2.75) is 36.9 Å². The fourth-order valence-corrected chi connectivity index (χ4v) is 7.13. The molecule has 3 aliphatic heterocycles. The average molecular weight is 551 g/mol. The molecule has 2 fully saturated rings. The molecular weight excluding hydrogens is 523 g/mol. The molecule has 4 heterocycles. The number of hydrogen-bond donors (Lipinski definition) is 1. The number of sulfonamides is 1. The minimum atomic E-state index is -4.08. The van der Waals surface area contributed by atoms with Gasteiger partial charge < -0.3 is 14.7 Å². The molecule has 1 atom stereocenters. The SMILES string of the molecule is C=CC(=O)N1CCN2Cc3c(S(=O)(=O)N4CCCCC4)nc(-c4c(O)cccc4F)c(Cl)c3OC[C@H]2C1. The number of carbonyl (C=O) groups excluding carboxylic acids is 1. The molecular formula is C25H28ClFN4O5S. The molecule has 0 radical (unpaired) electrons. The number of carbonyl (C=O) groups is 1. The first-order valence-electron chi connectivity index (χ1n) is 12.2. The number of hydrogen-bond acceptors (Lipinski definition) is 7. The minimum Gasteiger partial charge on any atom is -0.507 e. The van der Waals surface area contributed by atoms with E-state index < -0.39 is 21.6 Å². The van der Waals surface area contributed by atoms with Crippen molar-refractivity contribution >= 4 is 27.5 Å². The normalized spacial score (nSPS) is 20.9. The van der Waals surface area contributed by atoms with E-state index in [1.54, 1.807) is 4.90 Å². The van der Waals surface area contributed by atoms with Crippen LogP contribution in [0.1, 0.15) is 24.8 Å². The van der Waals surface area contributed by atoms with Crippen molar-refractivity contribution in [3.63, 3.8) is 0 Å². The third-order valence-electron chi connectivity index (χ3n) is 7.15. The summed E-state index contributed by atoms with van der Waals surface area (Å²) in [5, 5.41) is 10.1. The van der Waals surface area contributed by atoms with Crippen molar-refractivity contribution in [2.75, 3.05) is 39.3 Å². The number of pyridine rings is 1. The van der Waals surface area contributed by atoms with Gasteiger partial charge in [0.1, 0.15) is 34.6 Å². The molecule has 2 saturated heterocycles. The summed E-state index contributed by atoms with van der Waals surface area (Å²) in [6.45, 7) is 5.88. The molecule has 1 aromatic carbocycles. The number of halogens is 2. The van der Waals surface area contributed by atoms with Gasteiger partial charge in [-0.2, -0.15) is 4.31 Å². The molecule has 9 nitrogen and oxygen atoms in total. The molecule has 0 aliphatic carbocycles. The van der Waals surface area contributed by atoms with E-state index in [1.165, 1.54) is 22.5 Å². The van der Waals surface area contributed by atoms with Crippen LogP contribution in [0.4, 0.5) is 4.39 Å². The highest BCUT2D eigenvalue weighted by atomic mass is 35.5. The van der Waals surface area contributed by atoms with Gasteiger partial charge in [0.05, 0.1) is 11.6 Å². The molecule has 1 N–H and O–H groups in total. The van der Waals surface area contributed by atoms with Crippen LogP contribution in [0.25, 0.3) is 11.3 Å². The average Bonchev–Trinajstić information content (AvgIpc) is 3.09. The number of nitrogens with zero attached hydrogens (tertiary/aromatic N) is 4. The summed E-state index contributed by atoms with van der Waals surface area (Å²) in [4.78, 5) is 20.3. The maximum atomic E-state index is 14.9. The van der Waals surface area contributed by atoms with Crippen molar-refractivity contribution < 1.29 is 27.4 Å². The molecule has 1 amide bonds. The van der Waals surface area contributed by atoms with Gasteiger partial charge in [0, 0.05) is 44.8 Å². The minimum absolute atomic E-state index is 0.0770. The van der Waals surface area contributed by atoms with Crippen LogP contribution in [0.2, 0.25) is 5.02 Å². The standard InChI is InChI=1S/C25H28ClFN4O5S/c1-2-20(33)30-12-11-29-14-17-24(36-15-16(29)13-30)22(26)23(21-18(27)7-6-8-19(21)32)28-25(17)37(34,35)31-9-4-3-5-10-31/h2,6-8,16,32H,1,3-5,9-15H2/t16-/m1/s1. The van der Waals surface area contributed by atoms with Crippen molar-refractivity contribution in [3.05, 3.63) is 47.3 Å². The fraction of sp³-hybridized carbons (Fsp3) is 0.440. The van der Waals surface area contributed by atoms with Crippen LogP contribution in [0.3, 0.4) is 0 Å². The Morgan fingerprint density at radius 1 is 1.22 bits per heavy atom. The Labute approximate surface area is 220 Å². The lowest BCUT2D eigenvalue weighted by atomic mass is 10.1. The molecule has 0 unspecified atom stereocenters. The van der Waals surface area contributed by atoms with E-state index >= 15 is 0 Å². The zero-order valence-corrected chi connectivity index (χ0v) is 21.8. The third kappa shape index (κ3) is 4.69. The van der Waals surface area contributed by atoms with Crippen molar-refractivity contribution in [3.8, 4) is 22.8 Å². The third-order valence-corrected chi connectivity index (χ3v) is 9.37. The summed E-state index contributed by atoms with van der Waals surface area (Å²) in [6.07, 6.45) is 3.66. The maximum absolute atomic E-state index is 14.9. The number of piperidine rings is 1. The van der Waals surface area contributed by atoms with Crippen LogP contribution in [-0.4, -0.2) is 83.9 Å². The van der Waals surface area contributed by atoms with E-state index in [0.717, 1.165) is 25.3 Å². The number of amides is 1. The molecule has 0 spiro atoms. The van der Waals surface area contributed by atoms with E-state index in [9.17, 15) is 22.7 Å². The van der Waals surface area contributed by atoms with E-state index in [4.69, 9.17) is 16.3 Å². The van der Waals surface area contributed by atoms with Gasteiger partial charge in [0.2, 0.25) is 5.91 Å². The smallest absolute Gasteiger partial charge is 0.261 e. The Morgan fingerprint density at radius 3 is 2.68 bits per heavy atom. The number of piperazine rings is 1. The van der Waals surface area contributed by atoms with Gasteiger partial charge in [0.15, 0.2) is 5.03 Å². The molecule has 0 bridgehead atoms. The zero-order valence-electron chi connectivity index (χ0n) is 20.2. The Hall–Kier alpha value is -2.73. The lowest BCUT2D eigenvalue weighted by molar-refractivity contribution is -0.129. The van der Waals surface area contributed by atoms with Crippen molar-refractivity contribution in [1.82, 2.24) is 19.1 Å². The van der Waals surface area contributed by atoms with Gasteiger partial charge in [-0.05, 0) is 31.1 Å². The number of aromatic hydroxyl groups is 1. The quantitative estimate of drug-likeness (QED) is 0.584. The molecule has 0 saturated carbocycles. The molecule has 5 rings (SSSR count). The van der Waals surface area contributed by atoms with Crippen LogP contribution in [0.15, 0.2) is 35.9 Å². The fourth-order valence-electron chi connectivity index (χ4n) is 5.17. The molecule has 1 aromatic heterocycles. The number of rotatable bonds is 4. The van der Waals surface area contributed by atoms with Gasteiger partial charge in [-0.1, -0.05) is 30.7 Å². The summed E-state index contributed by atoms with van der Waals surface area (Å²) in [7, 11) is -4.08. The molecule has 3 aliphatic rings. The van der Waals surface area contributed by atoms with E-state index in [2.05, 4.69) is 11.6 Å². The second-order valence-corrected chi connectivity index (χ2v) is 11.6. The number of phenols is 1. The molecule has 37 heavy (non-hydrogen) atoms. The first kappa shape index (κ1) is 25.9. The van der Waals surface area contributed by atoms with Crippen LogP contribution in [0, 0.1) is 5.82 Å². The van der Waals surface area contributed by atoms with Crippen LogP contribution in [0.5, 0.6) is 11.5 Å². The largest absolute Gasteiger partial charge is 0.507 e. The van der Waals surface area contributed by atoms with Crippen LogP contribution in [-0.2, 0) is 21.4 Å². The number of ether oxygens (including phenoxy) is 1. The lowest BCUT2D eigenvalue weighted by Crippen LogP contribution is -2.55. The molecule has 2 aromatic rings. The van der Waals surface area contributed by atoms with Gasteiger partial charge >= 0.3 is 0 Å². The van der Waals surface area contributed by atoms with Gasteiger partial charge in [-0.25, -0.2) is 17.8 Å². The summed E-state index contributed by atoms with van der Waals surface area (Å²) >= 11 is 6.71. The van der Waals surface area contributed by atoms with E-state index in [1.807, 2.05) is 4.90 Å². The first-order valence-corrected chi connectivity index (χ1v) is 14.0. The van der Waals surface area contributed by atoms with Crippen molar-refractivity contribution in [1.29, 1.82) is 0 Å².